The van der Waals surface area contributed by atoms with Crippen LogP contribution in [0.4, 0.5) is 5.69 Å². The van der Waals surface area contributed by atoms with E-state index in [1.807, 2.05) is 45.0 Å². The van der Waals surface area contributed by atoms with Crippen molar-refractivity contribution in [1.29, 1.82) is 0 Å². The summed E-state index contributed by atoms with van der Waals surface area (Å²) in [6, 6.07) is 7.61. The molecule has 3 rings (SSSR count). The van der Waals surface area contributed by atoms with Crippen molar-refractivity contribution >= 4 is 33.2 Å². The standard InChI is InChI=1S/C16H15BrN4O/c1-9-6-12(4-5-14(9)17)20-16(22)13-8-18-21-11(3)7-10(2)19-15(13)21/h4-8H,1-3H3,(H,20,22). The number of benzene rings is 1. The number of nitrogens with zero attached hydrogens (tertiary/aromatic N) is 3. The minimum atomic E-state index is -0.214. The molecule has 2 aromatic heterocycles. The van der Waals surface area contributed by atoms with E-state index < -0.39 is 0 Å². The topological polar surface area (TPSA) is 59.3 Å². The summed E-state index contributed by atoms with van der Waals surface area (Å²) in [5.41, 5.74) is 4.65. The molecule has 0 saturated heterocycles. The number of anilines is 1. The van der Waals surface area contributed by atoms with Crippen LogP contribution in [0.1, 0.15) is 27.3 Å². The van der Waals surface area contributed by atoms with Crippen LogP contribution in [0.3, 0.4) is 0 Å². The molecule has 0 spiro atoms. The number of fused-ring (bicyclic) bond motifs is 1. The van der Waals surface area contributed by atoms with E-state index in [9.17, 15) is 4.79 Å². The Balaban J connectivity index is 1.97. The molecular weight excluding hydrogens is 344 g/mol. The first kappa shape index (κ1) is 14.7. The van der Waals surface area contributed by atoms with Gasteiger partial charge in [-0.1, -0.05) is 15.9 Å². The lowest BCUT2D eigenvalue weighted by atomic mass is 10.2. The number of aryl methyl sites for hydroxylation is 3. The molecule has 0 atom stereocenters. The van der Waals surface area contributed by atoms with Crippen LogP contribution in [0.5, 0.6) is 0 Å². The molecule has 112 valence electrons. The highest BCUT2D eigenvalue weighted by atomic mass is 79.9. The van der Waals surface area contributed by atoms with Gasteiger partial charge < -0.3 is 5.32 Å². The monoisotopic (exact) mass is 358 g/mol. The van der Waals surface area contributed by atoms with Gasteiger partial charge in [-0.05, 0) is 50.6 Å². The molecule has 5 nitrogen and oxygen atoms in total. The quantitative estimate of drug-likeness (QED) is 0.760. The smallest absolute Gasteiger partial charge is 0.261 e. The van der Waals surface area contributed by atoms with Crippen LogP contribution in [0.25, 0.3) is 5.65 Å². The zero-order valence-electron chi connectivity index (χ0n) is 12.5. The first-order chi connectivity index (χ1) is 10.5. The van der Waals surface area contributed by atoms with Crippen molar-refractivity contribution in [3.8, 4) is 0 Å². The number of carbonyl (C=O) groups is 1. The minimum Gasteiger partial charge on any atom is -0.322 e. The maximum atomic E-state index is 12.5. The Labute approximate surface area is 136 Å². The van der Waals surface area contributed by atoms with E-state index >= 15 is 0 Å². The minimum absolute atomic E-state index is 0.214. The second kappa shape index (κ2) is 5.53. The van der Waals surface area contributed by atoms with Gasteiger partial charge >= 0.3 is 0 Å². The third kappa shape index (κ3) is 2.62. The van der Waals surface area contributed by atoms with Crippen LogP contribution in [-0.4, -0.2) is 20.5 Å². The van der Waals surface area contributed by atoms with E-state index in [4.69, 9.17) is 0 Å². The summed E-state index contributed by atoms with van der Waals surface area (Å²) in [5, 5.41) is 7.13. The zero-order valence-corrected chi connectivity index (χ0v) is 14.1. The predicted molar refractivity (Wildman–Crippen MR) is 89.3 cm³/mol. The fourth-order valence-electron chi connectivity index (χ4n) is 2.35. The second-order valence-corrected chi connectivity index (χ2v) is 6.10. The molecule has 6 heteroatoms. The SMILES string of the molecule is Cc1cc(C)n2ncc(C(=O)Nc3ccc(Br)c(C)c3)c2n1. The Hall–Kier alpha value is -2.21. The van der Waals surface area contributed by atoms with Crippen molar-refractivity contribution in [2.45, 2.75) is 20.8 Å². The zero-order chi connectivity index (χ0) is 15.9. The average molecular weight is 359 g/mol. The Morgan fingerprint density at radius 3 is 2.73 bits per heavy atom. The van der Waals surface area contributed by atoms with Gasteiger partial charge in [-0.15, -0.1) is 0 Å². The summed E-state index contributed by atoms with van der Waals surface area (Å²) in [5.74, 6) is -0.214. The summed E-state index contributed by atoms with van der Waals surface area (Å²) in [7, 11) is 0. The summed E-state index contributed by atoms with van der Waals surface area (Å²) in [6.45, 7) is 5.82. The van der Waals surface area contributed by atoms with Gasteiger partial charge in [0.1, 0.15) is 5.56 Å². The number of hydrogen-bond donors (Lipinski definition) is 1. The number of hydrogen-bond acceptors (Lipinski definition) is 3. The fourth-order valence-corrected chi connectivity index (χ4v) is 2.60. The van der Waals surface area contributed by atoms with Crippen LogP contribution in [0, 0.1) is 20.8 Å². The Morgan fingerprint density at radius 1 is 1.23 bits per heavy atom. The van der Waals surface area contributed by atoms with Crippen molar-refractivity contribution in [2.24, 2.45) is 0 Å². The maximum Gasteiger partial charge on any atom is 0.261 e. The number of rotatable bonds is 2. The average Bonchev–Trinajstić information content (AvgIpc) is 2.87. The van der Waals surface area contributed by atoms with E-state index in [2.05, 4.69) is 31.3 Å². The highest BCUT2D eigenvalue weighted by molar-refractivity contribution is 9.10. The number of amides is 1. The molecule has 1 N–H and O–H groups in total. The molecule has 0 aliphatic carbocycles. The molecule has 3 aromatic rings. The molecular formula is C16H15BrN4O. The van der Waals surface area contributed by atoms with Crippen LogP contribution in [0.15, 0.2) is 34.9 Å². The molecule has 0 fully saturated rings. The molecule has 2 heterocycles. The number of aromatic nitrogens is 3. The van der Waals surface area contributed by atoms with Gasteiger partial charge in [0, 0.05) is 21.5 Å². The molecule has 1 aromatic carbocycles. The van der Waals surface area contributed by atoms with Crippen LogP contribution in [-0.2, 0) is 0 Å². The first-order valence-corrected chi connectivity index (χ1v) is 7.64. The fraction of sp³-hybridized carbons (Fsp3) is 0.188. The molecule has 0 aliphatic rings. The maximum absolute atomic E-state index is 12.5. The van der Waals surface area contributed by atoms with Crippen molar-refractivity contribution in [1.82, 2.24) is 14.6 Å². The van der Waals surface area contributed by atoms with E-state index in [0.717, 1.165) is 27.1 Å². The highest BCUT2D eigenvalue weighted by Gasteiger charge is 2.15. The van der Waals surface area contributed by atoms with Gasteiger partial charge in [-0.25, -0.2) is 9.50 Å². The molecule has 0 saturated carbocycles. The largest absolute Gasteiger partial charge is 0.322 e. The van der Waals surface area contributed by atoms with Crippen LogP contribution < -0.4 is 5.32 Å². The summed E-state index contributed by atoms with van der Waals surface area (Å²) in [6.07, 6.45) is 1.55. The van der Waals surface area contributed by atoms with Gasteiger partial charge in [-0.3, -0.25) is 4.79 Å². The van der Waals surface area contributed by atoms with Gasteiger partial charge in [-0.2, -0.15) is 5.10 Å². The first-order valence-electron chi connectivity index (χ1n) is 6.85. The number of carbonyl (C=O) groups excluding carboxylic acids is 1. The summed E-state index contributed by atoms with van der Waals surface area (Å²) < 4.78 is 2.68. The Morgan fingerprint density at radius 2 is 2.00 bits per heavy atom. The normalized spacial score (nSPS) is 10.9. The Bertz CT molecular complexity index is 885. The third-order valence-electron chi connectivity index (χ3n) is 3.44. The van der Waals surface area contributed by atoms with Gasteiger partial charge in [0.15, 0.2) is 5.65 Å². The summed E-state index contributed by atoms with van der Waals surface area (Å²) in [4.78, 5) is 16.9. The molecule has 0 radical (unpaired) electrons. The van der Waals surface area contributed by atoms with Crippen molar-refractivity contribution < 1.29 is 4.79 Å². The van der Waals surface area contributed by atoms with Crippen molar-refractivity contribution in [3.63, 3.8) is 0 Å². The third-order valence-corrected chi connectivity index (χ3v) is 4.33. The van der Waals surface area contributed by atoms with Crippen LogP contribution in [0.2, 0.25) is 0 Å². The number of nitrogens with one attached hydrogen (secondary N) is 1. The predicted octanol–water partition coefficient (Wildman–Crippen LogP) is 3.67. The van der Waals surface area contributed by atoms with Gasteiger partial charge in [0.2, 0.25) is 0 Å². The van der Waals surface area contributed by atoms with E-state index in [-0.39, 0.29) is 5.91 Å². The second-order valence-electron chi connectivity index (χ2n) is 5.25. The van der Waals surface area contributed by atoms with E-state index in [1.54, 1.807) is 10.7 Å². The Kier molecular flexibility index (Phi) is 3.70. The summed E-state index contributed by atoms with van der Waals surface area (Å²) >= 11 is 3.45. The van der Waals surface area contributed by atoms with E-state index in [0.29, 0.717) is 11.2 Å². The van der Waals surface area contributed by atoms with Crippen molar-refractivity contribution in [2.75, 3.05) is 5.32 Å². The molecule has 0 unspecified atom stereocenters. The van der Waals surface area contributed by atoms with Crippen molar-refractivity contribution in [3.05, 3.63) is 57.4 Å². The molecule has 1 amide bonds. The number of halogens is 1. The highest BCUT2D eigenvalue weighted by Crippen LogP contribution is 2.21. The lowest BCUT2D eigenvalue weighted by Crippen LogP contribution is -2.12. The van der Waals surface area contributed by atoms with Gasteiger partial charge in [0.25, 0.3) is 5.91 Å². The molecule has 0 aliphatic heterocycles. The lowest BCUT2D eigenvalue weighted by molar-refractivity contribution is 0.102. The molecule has 0 bridgehead atoms. The molecule has 22 heavy (non-hydrogen) atoms. The van der Waals surface area contributed by atoms with Crippen LogP contribution >= 0.6 is 15.9 Å². The van der Waals surface area contributed by atoms with E-state index in [1.165, 1.54) is 0 Å². The lowest BCUT2D eigenvalue weighted by Gasteiger charge is -2.06. The van der Waals surface area contributed by atoms with Gasteiger partial charge in [0.05, 0.1) is 6.20 Å².